The standard InChI is InChI=1S/C24H33FN4/c1-17(16-26)29-14-13-28-21(15-18-7-5-4-6-8-18)22(27-23(28)24(29,2)3)19-9-11-20(25)12-10-19/h9-12,18H,1,4-8,13-16,26H2,2-3H3. The van der Waals surface area contributed by atoms with Crippen molar-refractivity contribution in [1.82, 2.24) is 14.5 Å². The monoisotopic (exact) mass is 396 g/mol. The number of rotatable bonds is 5. The van der Waals surface area contributed by atoms with E-state index in [9.17, 15) is 4.39 Å². The van der Waals surface area contributed by atoms with Crippen LogP contribution in [0.1, 0.15) is 57.5 Å². The lowest BCUT2D eigenvalue weighted by Crippen LogP contribution is -2.49. The first-order valence-electron chi connectivity index (χ1n) is 10.9. The summed E-state index contributed by atoms with van der Waals surface area (Å²) < 4.78 is 16.0. The van der Waals surface area contributed by atoms with E-state index in [4.69, 9.17) is 10.7 Å². The number of hydrogen-bond donors (Lipinski definition) is 1. The Labute approximate surface area is 173 Å². The van der Waals surface area contributed by atoms with Gasteiger partial charge in [0.25, 0.3) is 0 Å². The quantitative estimate of drug-likeness (QED) is 0.787. The Bertz CT molecular complexity index is 875. The number of benzene rings is 1. The molecule has 1 aromatic carbocycles. The fourth-order valence-corrected chi connectivity index (χ4v) is 5.17. The lowest BCUT2D eigenvalue weighted by Gasteiger charge is -2.45. The van der Waals surface area contributed by atoms with Crippen molar-refractivity contribution in [3.63, 3.8) is 0 Å². The molecule has 1 aliphatic heterocycles. The Morgan fingerprint density at radius 1 is 1.17 bits per heavy atom. The summed E-state index contributed by atoms with van der Waals surface area (Å²) in [7, 11) is 0. The van der Waals surface area contributed by atoms with Crippen LogP contribution in [0.25, 0.3) is 11.3 Å². The smallest absolute Gasteiger partial charge is 0.135 e. The summed E-state index contributed by atoms with van der Waals surface area (Å²) in [6.45, 7) is 10.8. The van der Waals surface area contributed by atoms with Crippen LogP contribution in [-0.2, 0) is 18.5 Å². The molecule has 0 atom stereocenters. The molecule has 5 heteroatoms. The van der Waals surface area contributed by atoms with Crippen molar-refractivity contribution in [2.24, 2.45) is 11.7 Å². The van der Waals surface area contributed by atoms with Gasteiger partial charge in [-0.2, -0.15) is 0 Å². The molecule has 2 N–H and O–H groups in total. The van der Waals surface area contributed by atoms with E-state index in [2.05, 4.69) is 29.9 Å². The van der Waals surface area contributed by atoms with Crippen molar-refractivity contribution < 1.29 is 4.39 Å². The van der Waals surface area contributed by atoms with E-state index in [0.717, 1.165) is 42.3 Å². The summed E-state index contributed by atoms with van der Waals surface area (Å²) in [5.41, 5.74) is 9.89. The van der Waals surface area contributed by atoms with E-state index in [0.29, 0.717) is 12.5 Å². The van der Waals surface area contributed by atoms with Crippen molar-refractivity contribution in [3.8, 4) is 11.3 Å². The summed E-state index contributed by atoms with van der Waals surface area (Å²) in [6, 6.07) is 6.78. The molecule has 29 heavy (non-hydrogen) atoms. The fraction of sp³-hybridized carbons (Fsp3) is 0.542. The fourth-order valence-electron chi connectivity index (χ4n) is 5.17. The molecule has 1 saturated carbocycles. The van der Waals surface area contributed by atoms with Gasteiger partial charge in [0.15, 0.2) is 0 Å². The third-order valence-corrected chi connectivity index (χ3v) is 6.78. The van der Waals surface area contributed by atoms with Gasteiger partial charge in [0.05, 0.1) is 11.2 Å². The molecule has 0 saturated heterocycles. The maximum atomic E-state index is 13.6. The predicted octanol–water partition coefficient (Wildman–Crippen LogP) is 4.84. The van der Waals surface area contributed by atoms with Crippen molar-refractivity contribution in [2.45, 2.75) is 64.5 Å². The SMILES string of the molecule is C=C(CN)N1CCn2c(nc(-c3ccc(F)cc3)c2CC2CCCCC2)C1(C)C. The van der Waals surface area contributed by atoms with Crippen LogP contribution < -0.4 is 5.73 Å². The molecule has 2 heterocycles. The highest BCUT2D eigenvalue weighted by Gasteiger charge is 2.39. The number of halogens is 1. The van der Waals surface area contributed by atoms with Gasteiger partial charge in [-0.25, -0.2) is 9.37 Å². The molecule has 2 aromatic rings. The second kappa shape index (κ2) is 7.94. The van der Waals surface area contributed by atoms with Crippen LogP contribution in [0.3, 0.4) is 0 Å². The molecule has 1 fully saturated rings. The Kier molecular flexibility index (Phi) is 5.52. The highest BCUT2D eigenvalue weighted by Crippen LogP contribution is 2.39. The van der Waals surface area contributed by atoms with Crippen molar-refractivity contribution in [1.29, 1.82) is 0 Å². The number of nitrogens with zero attached hydrogens (tertiary/aromatic N) is 3. The largest absolute Gasteiger partial charge is 0.360 e. The first-order chi connectivity index (χ1) is 13.9. The van der Waals surface area contributed by atoms with Crippen LogP contribution in [-0.4, -0.2) is 27.5 Å². The van der Waals surface area contributed by atoms with E-state index in [1.165, 1.54) is 49.9 Å². The minimum Gasteiger partial charge on any atom is -0.360 e. The van der Waals surface area contributed by atoms with Crippen LogP contribution >= 0.6 is 0 Å². The third-order valence-electron chi connectivity index (χ3n) is 6.78. The number of nitrogens with two attached hydrogens (primary N) is 1. The molecule has 0 unspecified atom stereocenters. The molecule has 1 aromatic heterocycles. The number of hydrogen-bond acceptors (Lipinski definition) is 3. The lowest BCUT2D eigenvalue weighted by molar-refractivity contribution is 0.116. The minimum absolute atomic E-state index is 0.211. The molecule has 1 aliphatic carbocycles. The molecule has 0 bridgehead atoms. The van der Waals surface area contributed by atoms with Gasteiger partial charge < -0.3 is 15.2 Å². The maximum Gasteiger partial charge on any atom is 0.135 e. The van der Waals surface area contributed by atoms with Crippen LogP contribution in [0, 0.1) is 11.7 Å². The van der Waals surface area contributed by atoms with Gasteiger partial charge in [0.1, 0.15) is 11.6 Å². The zero-order chi connectivity index (χ0) is 20.6. The third kappa shape index (κ3) is 3.73. The average molecular weight is 397 g/mol. The normalized spacial score (nSPS) is 19.2. The lowest BCUT2D eigenvalue weighted by atomic mass is 9.85. The highest BCUT2D eigenvalue weighted by atomic mass is 19.1. The van der Waals surface area contributed by atoms with Gasteiger partial charge in [-0.1, -0.05) is 38.7 Å². The van der Waals surface area contributed by atoms with Crippen molar-refractivity contribution >= 4 is 0 Å². The summed E-state index contributed by atoms with van der Waals surface area (Å²) in [6.07, 6.45) is 7.65. The maximum absolute atomic E-state index is 13.6. The van der Waals surface area contributed by atoms with Gasteiger partial charge >= 0.3 is 0 Å². The average Bonchev–Trinajstić information content (AvgIpc) is 3.08. The molecule has 156 valence electrons. The number of aromatic nitrogens is 2. The van der Waals surface area contributed by atoms with Crippen LogP contribution in [0.4, 0.5) is 4.39 Å². The summed E-state index contributed by atoms with van der Waals surface area (Å²) in [5, 5.41) is 0. The second-order valence-electron chi connectivity index (χ2n) is 9.08. The molecule has 0 amide bonds. The van der Waals surface area contributed by atoms with Crippen LogP contribution in [0.2, 0.25) is 0 Å². The van der Waals surface area contributed by atoms with E-state index in [1.54, 1.807) is 0 Å². The topological polar surface area (TPSA) is 47.1 Å². The van der Waals surface area contributed by atoms with E-state index in [1.807, 2.05) is 12.1 Å². The molecular formula is C24H33FN4. The highest BCUT2D eigenvalue weighted by molar-refractivity contribution is 5.63. The van der Waals surface area contributed by atoms with Gasteiger partial charge in [0.2, 0.25) is 0 Å². The van der Waals surface area contributed by atoms with Crippen molar-refractivity contribution in [2.75, 3.05) is 13.1 Å². The zero-order valence-corrected chi connectivity index (χ0v) is 17.8. The summed E-state index contributed by atoms with van der Waals surface area (Å²) >= 11 is 0. The Morgan fingerprint density at radius 3 is 2.52 bits per heavy atom. The van der Waals surface area contributed by atoms with E-state index >= 15 is 0 Å². The number of imidazole rings is 1. The molecular weight excluding hydrogens is 363 g/mol. The molecule has 4 nitrogen and oxygen atoms in total. The van der Waals surface area contributed by atoms with Gasteiger partial charge in [-0.05, 0) is 50.5 Å². The van der Waals surface area contributed by atoms with Gasteiger partial charge in [-0.15, -0.1) is 0 Å². The minimum atomic E-state index is -0.283. The molecule has 0 spiro atoms. The zero-order valence-electron chi connectivity index (χ0n) is 17.8. The van der Waals surface area contributed by atoms with Crippen LogP contribution in [0.5, 0.6) is 0 Å². The molecule has 0 radical (unpaired) electrons. The van der Waals surface area contributed by atoms with Crippen molar-refractivity contribution in [3.05, 3.63) is 53.9 Å². The van der Waals surface area contributed by atoms with E-state index < -0.39 is 0 Å². The first kappa shape index (κ1) is 20.1. The Balaban J connectivity index is 1.79. The predicted molar refractivity (Wildman–Crippen MR) is 116 cm³/mol. The molecule has 2 aliphatic rings. The summed E-state index contributed by atoms with van der Waals surface area (Å²) in [5.74, 6) is 1.56. The summed E-state index contributed by atoms with van der Waals surface area (Å²) in [4.78, 5) is 7.44. The van der Waals surface area contributed by atoms with Gasteiger partial charge in [0, 0.05) is 36.6 Å². The Hall–Kier alpha value is -2.14. The Morgan fingerprint density at radius 2 is 1.86 bits per heavy atom. The molecule has 4 rings (SSSR count). The van der Waals surface area contributed by atoms with E-state index in [-0.39, 0.29) is 11.4 Å². The number of fused-ring (bicyclic) bond motifs is 1. The second-order valence-corrected chi connectivity index (χ2v) is 9.08. The first-order valence-corrected chi connectivity index (χ1v) is 10.9. The van der Waals surface area contributed by atoms with Gasteiger partial charge in [-0.3, -0.25) is 0 Å². The van der Waals surface area contributed by atoms with Crippen LogP contribution in [0.15, 0.2) is 36.5 Å².